The Morgan fingerprint density at radius 3 is 2.61 bits per heavy atom. The van der Waals surface area contributed by atoms with Crippen LogP contribution in [0.25, 0.3) is 0 Å². The van der Waals surface area contributed by atoms with Gasteiger partial charge in [-0.15, -0.1) is 0 Å². The molecule has 0 fully saturated rings. The molecular weight excluding hydrogens is 310 g/mol. The van der Waals surface area contributed by atoms with Gasteiger partial charge in [0.05, 0.1) is 24.4 Å². The highest BCUT2D eigenvalue weighted by Crippen LogP contribution is 2.36. The van der Waals surface area contributed by atoms with Crippen molar-refractivity contribution in [2.45, 2.75) is 27.2 Å². The molecule has 0 aliphatic rings. The number of nitrogens with zero attached hydrogens (tertiary/aromatic N) is 1. The van der Waals surface area contributed by atoms with E-state index in [4.69, 9.17) is 21.1 Å². The summed E-state index contributed by atoms with van der Waals surface area (Å²) in [6.45, 7) is 6.77. The van der Waals surface area contributed by atoms with Gasteiger partial charge in [-0.05, 0) is 49.6 Å². The molecule has 23 heavy (non-hydrogen) atoms. The number of hydrogen-bond donors (Lipinski definition) is 0. The summed E-state index contributed by atoms with van der Waals surface area (Å²) in [5.41, 5.74) is 4.18. The van der Waals surface area contributed by atoms with E-state index in [1.165, 1.54) is 5.56 Å². The monoisotopic (exact) mass is 331 g/mol. The lowest BCUT2D eigenvalue weighted by molar-refractivity contribution is 0.294. The molecule has 0 amide bonds. The zero-order valence-electron chi connectivity index (χ0n) is 14.0. The first-order chi connectivity index (χ1) is 11.0. The zero-order valence-corrected chi connectivity index (χ0v) is 14.8. The van der Waals surface area contributed by atoms with Crippen LogP contribution in [-0.4, -0.2) is 19.9 Å². The number of aliphatic imine (C=N–C) groups is 1. The molecule has 0 saturated carbocycles. The van der Waals surface area contributed by atoms with Crippen molar-refractivity contribution in [3.8, 4) is 11.5 Å². The van der Waals surface area contributed by atoms with Crippen LogP contribution in [0.1, 0.15) is 30.0 Å². The molecule has 2 rings (SSSR count). The van der Waals surface area contributed by atoms with E-state index in [9.17, 15) is 0 Å². The van der Waals surface area contributed by atoms with E-state index < -0.39 is 0 Å². The van der Waals surface area contributed by atoms with Gasteiger partial charge in [0.25, 0.3) is 0 Å². The van der Waals surface area contributed by atoms with E-state index in [2.05, 4.69) is 31.0 Å². The smallest absolute Gasteiger partial charge is 0.179 e. The minimum absolute atomic E-state index is 0.528. The molecule has 0 radical (unpaired) electrons. The summed E-state index contributed by atoms with van der Waals surface area (Å²) in [5.74, 6) is 1.20. The average Bonchev–Trinajstić information content (AvgIpc) is 2.52. The van der Waals surface area contributed by atoms with Crippen molar-refractivity contribution in [3.63, 3.8) is 0 Å². The lowest BCUT2D eigenvalue weighted by Gasteiger charge is -2.12. The van der Waals surface area contributed by atoms with Crippen molar-refractivity contribution >= 4 is 23.5 Å². The predicted molar refractivity (Wildman–Crippen MR) is 97.0 cm³/mol. The summed E-state index contributed by atoms with van der Waals surface area (Å²) in [5, 5.41) is 0.528. The molecule has 3 nitrogen and oxygen atoms in total. The second-order valence-corrected chi connectivity index (χ2v) is 5.84. The molecule has 0 atom stereocenters. The Bertz CT molecular complexity index is 711. The Morgan fingerprint density at radius 1 is 1.17 bits per heavy atom. The van der Waals surface area contributed by atoms with Crippen LogP contribution in [0.5, 0.6) is 11.5 Å². The second-order valence-electron chi connectivity index (χ2n) is 5.43. The first kappa shape index (κ1) is 17.4. The fraction of sp³-hybridized carbons (Fsp3) is 0.316. The van der Waals surface area contributed by atoms with E-state index in [0.717, 1.165) is 23.2 Å². The van der Waals surface area contributed by atoms with Gasteiger partial charge in [0.2, 0.25) is 0 Å². The Morgan fingerprint density at radius 2 is 1.96 bits per heavy atom. The first-order valence-corrected chi connectivity index (χ1v) is 8.04. The molecule has 0 spiro atoms. The quantitative estimate of drug-likeness (QED) is 0.654. The molecule has 2 aromatic rings. The van der Waals surface area contributed by atoms with Crippen LogP contribution in [0.3, 0.4) is 0 Å². The van der Waals surface area contributed by atoms with Gasteiger partial charge in [-0.2, -0.15) is 0 Å². The summed E-state index contributed by atoms with van der Waals surface area (Å²) in [6, 6.07) is 9.89. The third-order valence-corrected chi connectivity index (χ3v) is 3.69. The highest BCUT2D eigenvalue weighted by atomic mass is 35.5. The normalized spacial score (nSPS) is 11.0. The van der Waals surface area contributed by atoms with E-state index in [1.54, 1.807) is 13.3 Å². The summed E-state index contributed by atoms with van der Waals surface area (Å²) in [6.07, 6.45) is 2.70. The number of benzene rings is 2. The van der Waals surface area contributed by atoms with E-state index in [0.29, 0.717) is 23.1 Å². The molecule has 0 aliphatic carbocycles. The summed E-state index contributed by atoms with van der Waals surface area (Å²) < 4.78 is 11.0. The highest BCUT2D eigenvalue weighted by molar-refractivity contribution is 6.32. The van der Waals surface area contributed by atoms with Crippen LogP contribution >= 0.6 is 11.6 Å². The number of rotatable bonds is 6. The molecule has 122 valence electrons. The van der Waals surface area contributed by atoms with Crippen LogP contribution in [-0.2, 0) is 0 Å². The van der Waals surface area contributed by atoms with Crippen molar-refractivity contribution in [3.05, 3.63) is 52.0 Å². The summed E-state index contributed by atoms with van der Waals surface area (Å²) >= 11 is 6.32. The average molecular weight is 332 g/mol. The minimum atomic E-state index is 0.528. The van der Waals surface area contributed by atoms with Gasteiger partial charge < -0.3 is 9.47 Å². The molecule has 0 heterocycles. The largest absolute Gasteiger partial charge is 0.493 e. The molecule has 4 heteroatoms. The van der Waals surface area contributed by atoms with E-state index in [1.807, 2.05) is 25.1 Å². The SMILES string of the molecule is CCCOc1c(Cl)cc(C=Nc2ccc(C)cc2C)cc1OC. The molecule has 0 saturated heterocycles. The number of hydrogen-bond acceptors (Lipinski definition) is 3. The number of aryl methyl sites for hydroxylation is 2. The van der Waals surface area contributed by atoms with Crippen molar-refractivity contribution in [2.75, 3.05) is 13.7 Å². The van der Waals surface area contributed by atoms with E-state index >= 15 is 0 Å². The maximum Gasteiger partial charge on any atom is 0.179 e. The standard InChI is InChI=1S/C19H22ClNO2/c1-5-8-23-19-16(20)10-15(11-18(19)22-4)12-21-17-7-6-13(2)9-14(17)3/h6-7,9-12H,5,8H2,1-4H3. The van der Waals surface area contributed by atoms with Gasteiger partial charge >= 0.3 is 0 Å². The highest BCUT2D eigenvalue weighted by Gasteiger charge is 2.11. The fourth-order valence-electron chi connectivity index (χ4n) is 2.25. The second kappa shape index (κ2) is 8.02. The van der Waals surface area contributed by atoms with E-state index in [-0.39, 0.29) is 0 Å². The Kier molecular flexibility index (Phi) is 6.05. The van der Waals surface area contributed by atoms with Crippen LogP contribution in [0.15, 0.2) is 35.3 Å². The molecular formula is C19H22ClNO2. The molecule has 0 unspecified atom stereocenters. The first-order valence-electron chi connectivity index (χ1n) is 7.66. The van der Waals surface area contributed by atoms with Gasteiger partial charge in [0.1, 0.15) is 0 Å². The fourth-order valence-corrected chi connectivity index (χ4v) is 2.53. The maximum atomic E-state index is 6.32. The summed E-state index contributed by atoms with van der Waals surface area (Å²) in [4.78, 5) is 4.55. The van der Waals surface area contributed by atoms with Gasteiger partial charge in [-0.1, -0.05) is 36.2 Å². The van der Waals surface area contributed by atoms with Crippen LogP contribution in [0.2, 0.25) is 5.02 Å². The number of halogens is 1. The lowest BCUT2D eigenvalue weighted by atomic mass is 10.1. The molecule has 0 N–H and O–H groups in total. The molecule has 0 bridgehead atoms. The predicted octanol–water partition coefficient (Wildman–Crippen LogP) is 5.50. The van der Waals surface area contributed by atoms with Gasteiger partial charge in [0, 0.05) is 6.21 Å². The Hall–Kier alpha value is -2.00. The molecule has 0 aromatic heterocycles. The van der Waals surface area contributed by atoms with Gasteiger partial charge in [0.15, 0.2) is 11.5 Å². The van der Waals surface area contributed by atoms with Crippen molar-refractivity contribution in [1.82, 2.24) is 0 Å². The number of methoxy groups -OCH3 is 1. The lowest BCUT2D eigenvalue weighted by Crippen LogP contribution is -1.99. The maximum absolute atomic E-state index is 6.32. The van der Waals surface area contributed by atoms with Crippen molar-refractivity contribution in [1.29, 1.82) is 0 Å². The van der Waals surface area contributed by atoms with Crippen molar-refractivity contribution in [2.24, 2.45) is 4.99 Å². The number of ether oxygens (including phenoxy) is 2. The third kappa shape index (κ3) is 4.49. The van der Waals surface area contributed by atoms with Gasteiger partial charge in [-0.25, -0.2) is 0 Å². The minimum Gasteiger partial charge on any atom is -0.493 e. The van der Waals surface area contributed by atoms with Crippen LogP contribution in [0.4, 0.5) is 5.69 Å². The molecule has 2 aromatic carbocycles. The zero-order chi connectivity index (χ0) is 16.8. The topological polar surface area (TPSA) is 30.8 Å². The van der Waals surface area contributed by atoms with Crippen LogP contribution < -0.4 is 9.47 Å². The molecule has 0 aliphatic heterocycles. The van der Waals surface area contributed by atoms with Crippen LogP contribution in [0, 0.1) is 13.8 Å². The van der Waals surface area contributed by atoms with Crippen molar-refractivity contribution < 1.29 is 9.47 Å². The summed E-state index contributed by atoms with van der Waals surface area (Å²) in [7, 11) is 1.61. The third-order valence-electron chi connectivity index (χ3n) is 3.41. The Balaban J connectivity index is 2.29. The van der Waals surface area contributed by atoms with Gasteiger partial charge in [-0.3, -0.25) is 4.99 Å². The Labute approximate surface area is 142 Å².